The number of aromatic nitrogens is 2. The summed E-state index contributed by atoms with van der Waals surface area (Å²) < 4.78 is 10.4. The maximum Gasteiger partial charge on any atom is 0.223 e. The summed E-state index contributed by atoms with van der Waals surface area (Å²) in [5, 5.41) is 3.02. The van der Waals surface area contributed by atoms with E-state index in [9.17, 15) is 4.79 Å². The van der Waals surface area contributed by atoms with Gasteiger partial charge < -0.3 is 20.5 Å². The number of hydrogen-bond donors (Lipinski definition) is 2. The molecule has 0 unspecified atom stereocenters. The molecule has 0 fully saturated rings. The second-order valence-corrected chi connectivity index (χ2v) is 4.65. The molecule has 0 aliphatic carbocycles. The fourth-order valence-corrected chi connectivity index (χ4v) is 2.09. The second-order valence-electron chi connectivity index (χ2n) is 4.30. The van der Waals surface area contributed by atoms with Gasteiger partial charge in [0, 0.05) is 6.54 Å². The SMILES string of the molecule is COc1ccc(CNc2nc(N)nc(Cl)c2C=O)cc1OC. The van der Waals surface area contributed by atoms with Crippen molar-refractivity contribution in [1.82, 2.24) is 9.97 Å². The van der Waals surface area contributed by atoms with Crippen LogP contribution in [0, 0.1) is 0 Å². The van der Waals surface area contributed by atoms with Gasteiger partial charge in [-0.25, -0.2) is 4.98 Å². The van der Waals surface area contributed by atoms with Gasteiger partial charge in [-0.05, 0) is 17.7 Å². The zero-order valence-corrected chi connectivity index (χ0v) is 12.8. The highest BCUT2D eigenvalue weighted by Crippen LogP contribution is 2.28. The molecule has 7 nitrogen and oxygen atoms in total. The number of nitrogen functional groups attached to an aromatic ring is 1. The number of anilines is 2. The molecule has 0 radical (unpaired) electrons. The molecule has 0 spiro atoms. The van der Waals surface area contributed by atoms with Gasteiger partial charge in [0.1, 0.15) is 11.0 Å². The van der Waals surface area contributed by atoms with Crippen LogP contribution in [-0.4, -0.2) is 30.5 Å². The van der Waals surface area contributed by atoms with Crippen LogP contribution in [0.5, 0.6) is 11.5 Å². The van der Waals surface area contributed by atoms with Gasteiger partial charge in [0.25, 0.3) is 0 Å². The van der Waals surface area contributed by atoms with Crippen molar-refractivity contribution < 1.29 is 14.3 Å². The molecule has 0 bridgehead atoms. The Labute approximate surface area is 132 Å². The Morgan fingerprint density at radius 2 is 2.00 bits per heavy atom. The van der Waals surface area contributed by atoms with Crippen molar-refractivity contribution in [1.29, 1.82) is 0 Å². The van der Waals surface area contributed by atoms with E-state index < -0.39 is 0 Å². The average molecular weight is 323 g/mol. The smallest absolute Gasteiger partial charge is 0.223 e. The average Bonchev–Trinajstić information content (AvgIpc) is 2.52. The van der Waals surface area contributed by atoms with Crippen LogP contribution in [0.2, 0.25) is 5.15 Å². The number of methoxy groups -OCH3 is 2. The molecule has 1 heterocycles. The standard InChI is InChI=1S/C14H15ClN4O3/c1-21-10-4-3-8(5-11(10)22-2)6-17-13-9(7-20)12(15)18-14(16)19-13/h3-5,7H,6H2,1-2H3,(H3,16,17,18,19). The molecule has 0 saturated carbocycles. The minimum atomic E-state index is -0.00888. The summed E-state index contributed by atoms with van der Waals surface area (Å²) in [7, 11) is 3.13. The van der Waals surface area contributed by atoms with Gasteiger partial charge in [0.15, 0.2) is 17.8 Å². The Morgan fingerprint density at radius 1 is 1.27 bits per heavy atom. The molecule has 116 valence electrons. The molecule has 8 heteroatoms. The van der Waals surface area contributed by atoms with Crippen LogP contribution < -0.4 is 20.5 Å². The number of benzene rings is 1. The van der Waals surface area contributed by atoms with Gasteiger partial charge in [0.05, 0.1) is 19.8 Å². The maximum atomic E-state index is 11.1. The first-order valence-corrected chi connectivity index (χ1v) is 6.69. The van der Waals surface area contributed by atoms with Gasteiger partial charge in [-0.15, -0.1) is 0 Å². The van der Waals surface area contributed by atoms with Crippen LogP contribution in [0.15, 0.2) is 18.2 Å². The zero-order valence-electron chi connectivity index (χ0n) is 12.1. The Bertz CT molecular complexity index is 694. The molecule has 0 aliphatic rings. The fraction of sp³-hybridized carbons (Fsp3) is 0.214. The minimum absolute atomic E-state index is 0.00888. The molecule has 1 aromatic carbocycles. The van der Waals surface area contributed by atoms with E-state index >= 15 is 0 Å². The molecule has 2 aromatic rings. The van der Waals surface area contributed by atoms with Crippen LogP contribution in [0.1, 0.15) is 15.9 Å². The lowest BCUT2D eigenvalue weighted by Crippen LogP contribution is -2.08. The number of carbonyl (C=O) groups excluding carboxylic acids is 1. The summed E-state index contributed by atoms with van der Waals surface area (Å²) in [6, 6.07) is 5.47. The third-order valence-electron chi connectivity index (χ3n) is 2.94. The van der Waals surface area contributed by atoms with Crippen molar-refractivity contribution in [2.45, 2.75) is 6.54 Å². The lowest BCUT2D eigenvalue weighted by molar-refractivity contribution is 0.112. The third-order valence-corrected chi connectivity index (χ3v) is 3.23. The quantitative estimate of drug-likeness (QED) is 0.621. The monoisotopic (exact) mass is 322 g/mol. The fourth-order valence-electron chi connectivity index (χ4n) is 1.87. The van der Waals surface area contributed by atoms with Crippen LogP contribution in [0.3, 0.4) is 0 Å². The number of carbonyl (C=O) groups is 1. The van der Waals surface area contributed by atoms with Crippen LogP contribution in [-0.2, 0) is 6.54 Å². The number of ether oxygens (including phenoxy) is 2. The van der Waals surface area contributed by atoms with E-state index in [1.165, 1.54) is 0 Å². The first-order valence-electron chi connectivity index (χ1n) is 6.32. The third kappa shape index (κ3) is 3.37. The number of nitrogens with two attached hydrogens (primary N) is 1. The molecule has 3 N–H and O–H groups in total. The second kappa shape index (κ2) is 6.95. The van der Waals surface area contributed by atoms with E-state index in [1.807, 2.05) is 12.1 Å². The number of rotatable bonds is 6. The molecule has 0 saturated heterocycles. The summed E-state index contributed by atoms with van der Waals surface area (Å²) >= 11 is 5.86. The number of nitrogens with one attached hydrogen (secondary N) is 1. The summed E-state index contributed by atoms with van der Waals surface area (Å²) in [6.07, 6.45) is 0.582. The Hall–Kier alpha value is -2.54. The van der Waals surface area contributed by atoms with Crippen molar-refractivity contribution in [2.75, 3.05) is 25.3 Å². The largest absolute Gasteiger partial charge is 0.493 e. The first kappa shape index (κ1) is 15.8. The molecule has 0 aliphatic heterocycles. The number of nitrogens with zero attached hydrogens (tertiary/aromatic N) is 2. The van der Waals surface area contributed by atoms with E-state index in [0.29, 0.717) is 24.3 Å². The highest BCUT2D eigenvalue weighted by atomic mass is 35.5. The van der Waals surface area contributed by atoms with Crippen molar-refractivity contribution in [3.8, 4) is 11.5 Å². The van der Waals surface area contributed by atoms with E-state index in [-0.39, 0.29) is 22.5 Å². The van der Waals surface area contributed by atoms with Crippen molar-refractivity contribution in [3.63, 3.8) is 0 Å². The Kier molecular flexibility index (Phi) is 5.00. The molecule has 2 rings (SSSR count). The summed E-state index contributed by atoms with van der Waals surface area (Å²) in [5.41, 5.74) is 6.61. The topological polar surface area (TPSA) is 99.4 Å². The Balaban J connectivity index is 2.22. The molecular weight excluding hydrogens is 308 g/mol. The van der Waals surface area contributed by atoms with Gasteiger partial charge in [0.2, 0.25) is 5.95 Å². The van der Waals surface area contributed by atoms with Crippen molar-refractivity contribution in [2.24, 2.45) is 0 Å². The Morgan fingerprint density at radius 3 is 2.64 bits per heavy atom. The van der Waals surface area contributed by atoms with E-state index in [2.05, 4.69) is 15.3 Å². The van der Waals surface area contributed by atoms with Gasteiger partial charge >= 0.3 is 0 Å². The van der Waals surface area contributed by atoms with Crippen molar-refractivity contribution in [3.05, 3.63) is 34.5 Å². The number of aldehydes is 1. The first-order chi connectivity index (χ1) is 10.6. The highest BCUT2D eigenvalue weighted by molar-refractivity contribution is 6.32. The molecule has 1 aromatic heterocycles. The summed E-state index contributed by atoms with van der Waals surface area (Å²) in [4.78, 5) is 18.8. The number of halogens is 1. The lowest BCUT2D eigenvalue weighted by Gasteiger charge is -2.12. The predicted octanol–water partition coefficient (Wildman–Crippen LogP) is 2.15. The van der Waals surface area contributed by atoms with Crippen LogP contribution in [0.25, 0.3) is 0 Å². The highest BCUT2D eigenvalue weighted by Gasteiger charge is 2.12. The zero-order chi connectivity index (χ0) is 16.1. The summed E-state index contributed by atoms with van der Waals surface area (Å²) in [6.45, 7) is 0.397. The van der Waals surface area contributed by atoms with Crippen LogP contribution >= 0.6 is 11.6 Å². The van der Waals surface area contributed by atoms with Crippen LogP contribution in [0.4, 0.5) is 11.8 Å². The lowest BCUT2D eigenvalue weighted by atomic mass is 10.2. The predicted molar refractivity (Wildman–Crippen MR) is 83.7 cm³/mol. The van der Waals surface area contributed by atoms with E-state index in [0.717, 1.165) is 5.56 Å². The van der Waals surface area contributed by atoms with E-state index in [1.54, 1.807) is 20.3 Å². The van der Waals surface area contributed by atoms with Crippen molar-refractivity contribution >= 4 is 29.7 Å². The summed E-state index contributed by atoms with van der Waals surface area (Å²) in [5.74, 6) is 1.51. The molecular formula is C14H15ClN4O3. The normalized spacial score (nSPS) is 10.1. The molecule has 0 amide bonds. The molecule has 22 heavy (non-hydrogen) atoms. The van der Waals surface area contributed by atoms with Gasteiger partial charge in [-0.2, -0.15) is 4.98 Å². The van der Waals surface area contributed by atoms with Gasteiger partial charge in [-0.1, -0.05) is 17.7 Å². The maximum absolute atomic E-state index is 11.1. The minimum Gasteiger partial charge on any atom is -0.493 e. The van der Waals surface area contributed by atoms with E-state index in [4.69, 9.17) is 26.8 Å². The molecule has 0 atom stereocenters. The number of hydrogen-bond acceptors (Lipinski definition) is 7. The van der Waals surface area contributed by atoms with Gasteiger partial charge in [-0.3, -0.25) is 4.79 Å².